The molecule has 11 nitrogen and oxygen atoms in total. The van der Waals surface area contributed by atoms with Gasteiger partial charge in [0.05, 0.1) is 24.3 Å². The first-order valence-corrected chi connectivity index (χ1v) is 12.9. The number of aromatic nitrogens is 3. The molecule has 6 rings (SSSR count). The maximum absolute atomic E-state index is 14.8. The largest absolute Gasteiger partial charge is 0.471 e. The lowest BCUT2D eigenvalue weighted by Crippen LogP contribution is -2.47. The summed E-state index contributed by atoms with van der Waals surface area (Å²) in [4.78, 5) is 27.9. The third-order valence-corrected chi connectivity index (χ3v) is 7.42. The van der Waals surface area contributed by atoms with Crippen molar-refractivity contribution in [2.45, 2.75) is 31.0 Å². The minimum absolute atomic E-state index is 0.0589. The van der Waals surface area contributed by atoms with E-state index in [4.69, 9.17) is 30.5 Å². The number of nitrogens with one attached hydrogen (secondary N) is 1. The van der Waals surface area contributed by atoms with Gasteiger partial charge >= 0.3 is 0 Å². The topological polar surface area (TPSA) is 122 Å². The highest BCUT2D eigenvalue weighted by molar-refractivity contribution is 6.32. The van der Waals surface area contributed by atoms with E-state index in [1.807, 2.05) is 7.05 Å². The van der Waals surface area contributed by atoms with Crippen LogP contribution in [0.4, 0.5) is 8.78 Å². The first-order chi connectivity index (χ1) is 18.8. The summed E-state index contributed by atoms with van der Waals surface area (Å²) in [6, 6.07) is 3.68. The van der Waals surface area contributed by atoms with Gasteiger partial charge in [-0.05, 0) is 25.2 Å². The summed E-state index contributed by atoms with van der Waals surface area (Å²) in [6.45, 7) is 2.25. The van der Waals surface area contributed by atoms with E-state index >= 15 is 0 Å². The second kappa shape index (κ2) is 10.5. The van der Waals surface area contributed by atoms with Crippen molar-refractivity contribution in [1.29, 1.82) is 0 Å². The van der Waals surface area contributed by atoms with Crippen LogP contribution in [0.1, 0.15) is 15.9 Å². The number of carbonyl (C=O) groups is 1. The summed E-state index contributed by atoms with van der Waals surface area (Å²) in [7, 11) is 1.95. The zero-order chi connectivity index (χ0) is 27.3. The molecule has 208 valence electrons. The van der Waals surface area contributed by atoms with Crippen LogP contribution < -0.4 is 9.47 Å². The quantitative estimate of drug-likeness (QED) is 0.460. The molecule has 1 aromatic carbocycles. The summed E-state index contributed by atoms with van der Waals surface area (Å²) >= 11 is 6.30. The number of aliphatic hydroxyl groups is 1. The number of piperazine rings is 1. The molecule has 3 aromatic rings. The molecule has 1 amide bonds. The molecule has 2 aromatic heterocycles. The van der Waals surface area contributed by atoms with Crippen LogP contribution in [0.2, 0.25) is 5.02 Å². The van der Waals surface area contributed by atoms with E-state index in [2.05, 4.69) is 19.9 Å². The van der Waals surface area contributed by atoms with Gasteiger partial charge in [0.2, 0.25) is 5.88 Å². The highest BCUT2D eigenvalue weighted by Gasteiger charge is 2.48. The zero-order valence-electron chi connectivity index (χ0n) is 20.9. The Balaban J connectivity index is 1.14. The first-order valence-electron chi connectivity index (χ1n) is 12.5. The average Bonchev–Trinajstić information content (AvgIpc) is 3.60. The number of amides is 1. The zero-order valence-corrected chi connectivity index (χ0v) is 21.7. The van der Waals surface area contributed by atoms with Crippen molar-refractivity contribution >= 4 is 28.7 Å². The predicted octanol–water partition coefficient (Wildman–Crippen LogP) is 1.76. The van der Waals surface area contributed by atoms with Crippen LogP contribution in [0, 0.1) is 11.6 Å². The van der Waals surface area contributed by atoms with Crippen molar-refractivity contribution in [2.24, 2.45) is 0 Å². The average molecular weight is 566 g/mol. The maximum Gasteiger partial charge on any atom is 0.296 e. The number of fused-ring (bicyclic) bond motifs is 2. The molecular weight excluding hydrogens is 540 g/mol. The van der Waals surface area contributed by atoms with Crippen LogP contribution >= 0.6 is 11.6 Å². The van der Waals surface area contributed by atoms with Crippen LogP contribution in [-0.4, -0.2) is 107 Å². The smallest absolute Gasteiger partial charge is 0.296 e. The molecule has 0 spiro atoms. The number of hydrogen-bond acceptors (Lipinski definition) is 9. The van der Waals surface area contributed by atoms with Crippen molar-refractivity contribution in [3.8, 4) is 11.9 Å². The number of H-pyrrole nitrogens is 1. The van der Waals surface area contributed by atoms with E-state index in [0.29, 0.717) is 31.7 Å². The molecule has 0 bridgehead atoms. The second-order valence-corrected chi connectivity index (χ2v) is 10.2. The highest BCUT2D eigenvalue weighted by Crippen LogP contribution is 2.32. The van der Waals surface area contributed by atoms with Crippen LogP contribution in [0.25, 0.3) is 11.2 Å². The molecule has 3 saturated heterocycles. The number of pyridine rings is 1. The number of imidazole rings is 1. The summed E-state index contributed by atoms with van der Waals surface area (Å²) in [5.41, 5.74) is 0.246. The minimum atomic E-state index is -0.906. The van der Waals surface area contributed by atoms with E-state index in [-0.39, 0.29) is 46.9 Å². The van der Waals surface area contributed by atoms with Gasteiger partial charge in [-0.1, -0.05) is 11.6 Å². The van der Waals surface area contributed by atoms with Gasteiger partial charge in [-0.15, -0.1) is 0 Å². The van der Waals surface area contributed by atoms with Crippen LogP contribution in [0.15, 0.2) is 18.2 Å². The molecule has 0 saturated carbocycles. The van der Waals surface area contributed by atoms with Crippen molar-refractivity contribution in [2.75, 3.05) is 46.4 Å². The lowest BCUT2D eigenvalue weighted by molar-refractivity contribution is 0.00706. The van der Waals surface area contributed by atoms with E-state index < -0.39 is 48.6 Å². The number of ether oxygens (including phenoxy) is 4. The van der Waals surface area contributed by atoms with Crippen LogP contribution in [-0.2, 0) is 16.1 Å². The fraction of sp³-hybridized carbons (Fsp3) is 0.480. The number of aliphatic hydroxyl groups excluding tert-OH is 1. The van der Waals surface area contributed by atoms with Gasteiger partial charge in [0, 0.05) is 31.7 Å². The number of nitrogens with zero attached hydrogens (tertiary/aromatic N) is 4. The number of carbonyl (C=O) groups excluding carboxylic acids is 1. The van der Waals surface area contributed by atoms with Crippen molar-refractivity contribution in [3.63, 3.8) is 0 Å². The van der Waals surface area contributed by atoms with Gasteiger partial charge in [0.25, 0.3) is 11.9 Å². The number of halogens is 3. The summed E-state index contributed by atoms with van der Waals surface area (Å²) in [6.07, 6.45) is -2.05. The lowest BCUT2D eigenvalue weighted by atomic mass is 10.1. The van der Waals surface area contributed by atoms with Crippen molar-refractivity contribution in [3.05, 3.63) is 46.0 Å². The number of benzene rings is 1. The van der Waals surface area contributed by atoms with Gasteiger partial charge in [0.1, 0.15) is 41.6 Å². The van der Waals surface area contributed by atoms with Gasteiger partial charge in [-0.2, -0.15) is 9.97 Å². The van der Waals surface area contributed by atoms with Crippen molar-refractivity contribution < 1.29 is 37.6 Å². The molecule has 0 aliphatic carbocycles. The molecule has 4 atom stereocenters. The maximum atomic E-state index is 14.8. The Labute approximate surface area is 226 Å². The third-order valence-electron chi connectivity index (χ3n) is 7.15. The third kappa shape index (κ3) is 5.12. The summed E-state index contributed by atoms with van der Waals surface area (Å²) in [5, 5.41) is 9.98. The number of aromatic amines is 1. The molecule has 3 aliphatic rings. The van der Waals surface area contributed by atoms with Gasteiger partial charge in [-0.25, -0.2) is 8.78 Å². The van der Waals surface area contributed by atoms with E-state index in [0.717, 1.165) is 12.1 Å². The Kier molecular flexibility index (Phi) is 7.02. The molecule has 3 aliphatic heterocycles. The molecule has 5 heterocycles. The summed E-state index contributed by atoms with van der Waals surface area (Å²) in [5.74, 6) is -2.31. The van der Waals surface area contributed by atoms with Gasteiger partial charge in [-0.3, -0.25) is 4.79 Å². The Hall–Kier alpha value is -3.10. The number of hydrogen-bond donors (Lipinski definition) is 2. The molecule has 2 unspecified atom stereocenters. The monoisotopic (exact) mass is 565 g/mol. The number of likely N-dealkylation sites (N-methyl/N-ethyl adjacent to an activating group) is 1. The molecule has 0 radical (unpaired) electrons. The predicted molar refractivity (Wildman–Crippen MR) is 133 cm³/mol. The Bertz CT molecular complexity index is 1380. The normalized spacial score (nSPS) is 25.3. The van der Waals surface area contributed by atoms with Crippen LogP contribution in [0.5, 0.6) is 11.9 Å². The molecule has 3 fully saturated rings. The molecule has 14 heteroatoms. The minimum Gasteiger partial charge on any atom is -0.471 e. The van der Waals surface area contributed by atoms with E-state index in [1.54, 1.807) is 4.90 Å². The Morgan fingerprint density at radius 1 is 1.13 bits per heavy atom. The number of rotatable bonds is 6. The van der Waals surface area contributed by atoms with Gasteiger partial charge in [0.15, 0.2) is 11.8 Å². The lowest BCUT2D eigenvalue weighted by Gasteiger charge is -2.32. The summed E-state index contributed by atoms with van der Waals surface area (Å²) < 4.78 is 52.2. The molecule has 39 heavy (non-hydrogen) atoms. The Morgan fingerprint density at radius 3 is 2.59 bits per heavy atom. The fourth-order valence-electron chi connectivity index (χ4n) is 4.92. The first kappa shape index (κ1) is 26.1. The van der Waals surface area contributed by atoms with Crippen molar-refractivity contribution in [1.82, 2.24) is 24.8 Å². The standard InChI is InChI=1S/C25H26ClF2N5O6/c1-32-2-4-33(5-3-32)24(35)12-6-15(27)13(16(28)7-12)9-38-23-14(26)8-17-22(30-23)31-25(29-17)39-19-11-37-20-18(34)10-36-21(19)20/h6-8,18-21,34H,2-5,9-11H2,1H3,(H,29,30,31)/t18-,19-,20?,21?/m1/s1. The van der Waals surface area contributed by atoms with E-state index in [9.17, 15) is 18.7 Å². The fourth-order valence-corrected chi connectivity index (χ4v) is 5.13. The van der Waals surface area contributed by atoms with E-state index in [1.165, 1.54) is 6.07 Å². The highest BCUT2D eigenvalue weighted by atomic mass is 35.5. The SMILES string of the molecule is CN1CCN(C(=O)c2cc(F)c(COc3nc4nc(O[C@@H]5COC6C5OC[C@H]6O)[nH]c4cc3Cl)c(F)c2)CC1. The van der Waals surface area contributed by atoms with Crippen LogP contribution in [0.3, 0.4) is 0 Å². The van der Waals surface area contributed by atoms with Gasteiger partial charge < -0.3 is 38.8 Å². The Morgan fingerprint density at radius 2 is 1.85 bits per heavy atom. The molecular formula is C25H26ClF2N5O6. The molecule has 2 N–H and O–H groups in total. The second-order valence-electron chi connectivity index (χ2n) is 9.81.